The standard InChI is InChI=1S/C16H22BrN3O/c1-4-9-18-11(3)14(5-2)16-19-15(20-21-16)12-7-6-8-13(17)10-12/h6-8,10-11,14,18H,4-5,9H2,1-3H3. The molecule has 2 unspecified atom stereocenters. The van der Waals surface area contributed by atoms with Crippen molar-refractivity contribution in [2.24, 2.45) is 0 Å². The molecular weight excluding hydrogens is 330 g/mol. The SMILES string of the molecule is CCCNC(C)C(CC)c1nc(-c2cccc(Br)c2)no1. The maximum atomic E-state index is 5.50. The molecule has 0 aliphatic rings. The zero-order valence-corrected chi connectivity index (χ0v) is 14.4. The van der Waals surface area contributed by atoms with E-state index >= 15 is 0 Å². The van der Waals surface area contributed by atoms with Crippen LogP contribution in [0.2, 0.25) is 0 Å². The van der Waals surface area contributed by atoms with Gasteiger partial charge in [0.05, 0.1) is 5.92 Å². The van der Waals surface area contributed by atoms with E-state index < -0.39 is 0 Å². The summed E-state index contributed by atoms with van der Waals surface area (Å²) in [5.41, 5.74) is 0.961. The summed E-state index contributed by atoms with van der Waals surface area (Å²) in [7, 11) is 0. The highest BCUT2D eigenvalue weighted by Crippen LogP contribution is 2.26. The van der Waals surface area contributed by atoms with E-state index in [1.54, 1.807) is 0 Å². The Morgan fingerprint density at radius 2 is 2.14 bits per heavy atom. The minimum absolute atomic E-state index is 0.241. The fraction of sp³-hybridized carbons (Fsp3) is 0.500. The Labute approximate surface area is 134 Å². The van der Waals surface area contributed by atoms with Crippen molar-refractivity contribution in [2.45, 2.75) is 45.6 Å². The third-order valence-corrected chi connectivity index (χ3v) is 4.09. The number of benzene rings is 1. The van der Waals surface area contributed by atoms with Crippen molar-refractivity contribution in [1.29, 1.82) is 0 Å². The van der Waals surface area contributed by atoms with Crippen molar-refractivity contribution in [3.05, 3.63) is 34.6 Å². The van der Waals surface area contributed by atoms with Crippen LogP contribution in [0.5, 0.6) is 0 Å². The summed E-state index contributed by atoms with van der Waals surface area (Å²) in [6.45, 7) is 7.49. The van der Waals surface area contributed by atoms with Crippen LogP contribution in [-0.2, 0) is 0 Å². The summed E-state index contributed by atoms with van der Waals surface area (Å²) in [5.74, 6) is 1.60. The lowest BCUT2D eigenvalue weighted by Crippen LogP contribution is -2.32. The molecule has 4 nitrogen and oxygen atoms in total. The van der Waals surface area contributed by atoms with Gasteiger partial charge in [-0.2, -0.15) is 4.98 Å². The van der Waals surface area contributed by atoms with E-state index in [1.807, 2.05) is 24.3 Å². The van der Waals surface area contributed by atoms with Gasteiger partial charge in [-0.3, -0.25) is 0 Å². The van der Waals surface area contributed by atoms with Crippen molar-refractivity contribution >= 4 is 15.9 Å². The lowest BCUT2D eigenvalue weighted by molar-refractivity contribution is 0.316. The maximum Gasteiger partial charge on any atom is 0.231 e. The van der Waals surface area contributed by atoms with Crippen molar-refractivity contribution < 1.29 is 4.52 Å². The largest absolute Gasteiger partial charge is 0.339 e. The first-order chi connectivity index (χ1) is 10.2. The predicted octanol–water partition coefficient (Wildman–Crippen LogP) is 4.38. The van der Waals surface area contributed by atoms with Crippen molar-refractivity contribution in [3.63, 3.8) is 0 Å². The molecule has 0 radical (unpaired) electrons. The van der Waals surface area contributed by atoms with Gasteiger partial charge in [-0.15, -0.1) is 0 Å². The van der Waals surface area contributed by atoms with Crippen LogP contribution in [0.1, 0.15) is 45.4 Å². The van der Waals surface area contributed by atoms with Crippen molar-refractivity contribution in [1.82, 2.24) is 15.5 Å². The predicted molar refractivity (Wildman–Crippen MR) is 88.2 cm³/mol. The molecule has 2 aromatic rings. The van der Waals surface area contributed by atoms with Crippen LogP contribution in [0.4, 0.5) is 0 Å². The third-order valence-electron chi connectivity index (χ3n) is 3.60. The molecule has 1 N–H and O–H groups in total. The molecule has 0 fully saturated rings. The van der Waals surface area contributed by atoms with Gasteiger partial charge in [0.15, 0.2) is 0 Å². The number of aromatic nitrogens is 2. The van der Waals surface area contributed by atoms with Crippen LogP contribution in [0.25, 0.3) is 11.4 Å². The molecule has 2 atom stereocenters. The second-order valence-electron chi connectivity index (χ2n) is 5.22. The molecule has 5 heteroatoms. The van der Waals surface area contributed by atoms with E-state index in [4.69, 9.17) is 4.52 Å². The van der Waals surface area contributed by atoms with E-state index in [0.717, 1.165) is 29.4 Å². The van der Waals surface area contributed by atoms with Gasteiger partial charge in [-0.05, 0) is 38.4 Å². The van der Waals surface area contributed by atoms with Crippen LogP contribution in [-0.4, -0.2) is 22.7 Å². The highest BCUT2D eigenvalue weighted by molar-refractivity contribution is 9.10. The summed E-state index contributed by atoms with van der Waals surface area (Å²) >= 11 is 3.46. The Balaban J connectivity index is 2.17. The average molecular weight is 352 g/mol. The van der Waals surface area contributed by atoms with Crippen molar-refractivity contribution in [2.75, 3.05) is 6.54 Å². The zero-order chi connectivity index (χ0) is 15.2. The molecule has 0 saturated carbocycles. The van der Waals surface area contributed by atoms with Crippen LogP contribution in [0, 0.1) is 0 Å². The van der Waals surface area contributed by atoms with Gasteiger partial charge in [-0.1, -0.05) is 47.1 Å². The topological polar surface area (TPSA) is 51.0 Å². The van der Waals surface area contributed by atoms with Crippen LogP contribution < -0.4 is 5.32 Å². The van der Waals surface area contributed by atoms with Gasteiger partial charge in [-0.25, -0.2) is 0 Å². The average Bonchev–Trinajstić information content (AvgIpc) is 2.95. The quantitative estimate of drug-likeness (QED) is 0.803. The summed E-state index contributed by atoms with van der Waals surface area (Å²) in [6.07, 6.45) is 2.09. The van der Waals surface area contributed by atoms with E-state index in [9.17, 15) is 0 Å². The molecule has 2 rings (SSSR count). The highest BCUT2D eigenvalue weighted by Gasteiger charge is 2.23. The normalized spacial score (nSPS) is 14.1. The van der Waals surface area contributed by atoms with E-state index in [2.05, 4.69) is 52.2 Å². The fourth-order valence-corrected chi connectivity index (χ4v) is 2.79. The zero-order valence-electron chi connectivity index (χ0n) is 12.8. The number of nitrogens with one attached hydrogen (secondary N) is 1. The molecule has 0 aliphatic carbocycles. The molecule has 1 aromatic heterocycles. The molecule has 1 aromatic carbocycles. The molecule has 21 heavy (non-hydrogen) atoms. The summed E-state index contributed by atoms with van der Waals surface area (Å²) in [6, 6.07) is 8.26. The lowest BCUT2D eigenvalue weighted by Gasteiger charge is -2.20. The Kier molecular flexibility index (Phi) is 5.94. The second-order valence-corrected chi connectivity index (χ2v) is 6.14. The maximum absolute atomic E-state index is 5.50. The summed E-state index contributed by atoms with van der Waals surface area (Å²) in [5, 5.41) is 7.63. The summed E-state index contributed by atoms with van der Waals surface area (Å²) < 4.78 is 6.51. The van der Waals surface area contributed by atoms with Gasteiger partial charge in [0.1, 0.15) is 0 Å². The van der Waals surface area contributed by atoms with Gasteiger partial charge in [0.2, 0.25) is 11.7 Å². The number of hydrogen-bond donors (Lipinski definition) is 1. The van der Waals surface area contributed by atoms with Gasteiger partial charge in [0.25, 0.3) is 0 Å². The van der Waals surface area contributed by atoms with Gasteiger partial charge >= 0.3 is 0 Å². The summed E-state index contributed by atoms with van der Waals surface area (Å²) in [4.78, 5) is 4.58. The van der Waals surface area contributed by atoms with Gasteiger partial charge < -0.3 is 9.84 Å². The Bertz CT molecular complexity index is 570. The lowest BCUT2D eigenvalue weighted by atomic mass is 9.98. The van der Waals surface area contributed by atoms with Crippen LogP contribution in [0.15, 0.2) is 33.3 Å². The third kappa shape index (κ3) is 4.14. The minimum Gasteiger partial charge on any atom is -0.339 e. The Morgan fingerprint density at radius 3 is 2.81 bits per heavy atom. The first kappa shape index (κ1) is 16.2. The van der Waals surface area contributed by atoms with Crippen LogP contribution >= 0.6 is 15.9 Å². The van der Waals surface area contributed by atoms with E-state index in [0.29, 0.717) is 17.8 Å². The number of halogens is 1. The van der Waals surface area contributed by atoms with Gasteiger partial charge in [0, 0.05) is 16.1 Å². The molecule has 0 aliphatic heterocycles. The molecular formula is C16H22BrN3O. The first-order valence-electron chi connectivity index (χ1n) is 7.48. The molecule has 114 valence electrons. The smallest absolute Gasteiger partial charge is 0.231 e. The van der Waals surface area contributed by atoms with E-state index in [-0.39, 0.29) is 5.92 Å². The molecule has 0 saturated heterocycles. The Hall–Kier alpha value is -1.20. The van der Waals surface area contributed by atoms with E-state index in [1.165, 1.54) is 0 Å². The fourth-order valence-electron chi connectivity index (χ4n) is 2.39. The monoisotopic (exact) mass is 351 g/mol. The molecule has 1 heterocycles. The van der Waals surface area contributed by atoms with Crippen molar-refractivity contribution in [3.8, 4) is 11.4 Å². The number of nitrogens with zero attached hydrogens (tertiary/aromatic N) is 2. The number of rotatable bonds is 7. The molecule has 0 spiro atoms. The second kappa shape index (κ2) is 7.71. The number of hydrogen-bond acceptors (Lipinski definition) is 4. The molecule has 0 bridgehead atoms. The van der Waals surface area contributed by atoms with Crippen LogP contribution in [0.3, 0.4) is 0 Å². The highest BCUT2D eigenvalue weighted by atomic mass is 79.9. The minimum atomic E-state index is 0.241. The Morgan fingerprint density at radius 1 is 1.33 bits per heavy atom. The molecule has 0 amide bonds. The first-order valence-corrected chi connectivity index (χ1v) is 8.27.